The van der Waals surface area contributed by atoms with E-state index >= 15 is 0 Å². The lowest BCUT2D eigenvalue weighted by atomic mass is 10.0. The molecular formula is C12H9BrCl2O4. The van der Waals surface area contributed by atoms with Gasteiger partial charge in [-0.1, -0.05) is 39.1 Å². The molecule has 1 heterocycles. The molecule has 1 aliphatic rings. The summed E-state index contributed by atoms with van der Waals surface area (Å²) in [6, 6.07) is 1.61. The maximum atomic E-state index is 11.7. The standard InChI is InChI=1S/C12H9BrCl2O4/c1-18-12(17)8-3-5-2-6(7(16)4-13)9(14)10(15)11(5)19-8/h2,8H,3-4H2,1H3. The fourth-order valence-electron chi connectivity index (χ4n) is 1.86. The molecule has 0 spiro atoms. The normalized spacial score (nSPS) is 16.7. The van der Waals surface area contributed by atoms with Crippen molar-refractivity contribution in [2.75, 3.05) is 12.4 Å². The molecule has 0 bridgehead atoms. The summed E-state index contributed by atoms with van der Waals surface area (Å²) in [5, 5.41) is 0.425. The lowest BCUT2D eigenvalue weighted by molar-refractivity contribution is -0.147. The van der Waals surface area contributed by atoms with E-state index in [0.717, 1.165) is 0 Å². The summed E-state index contributed by atoms with van der Waals surface area (Å²) in [5.74, 6) is -0.332. The quantitative estimate of drug-likeness (QED) is 0.468. The van der Waals surface area contributed by atoms with Crippen molar-refractivity contribution < 1.29 is 19.1 Å². The summed E-state index contributed by atoms with van der Waals surface area (Å²) in [4.78, 5) is 23.2. The van der Waals surface area contributed by atoms with Crippen LogP contribution in [0.15, 0.2) is 6.07 Å². The minimum Gasteiger partial charge on any atom is -0.476 e. The molecule has 0 amide bonds. The molecule has 19 heavy (non-hydrogen) atoms. The average molecular weight is 368 g/mol. The van der Waals surface area contributed by atoms with E-state index in [2.05, 4.69) is 20.7 Å². The van der Waals surface area contributed by atoms with E-state index in [-0.39, 0.29) is 21.2 Å². The van der Waals surface area contributed by atoms with Crippen molar-refractivity contribution in [3.05, 3.63) is 27.2 Å². The zero-order valence-corrected chi connectivity index (χ0v) is 12.9. The first-order valence-corrected chi connectivity index (χ1v) is 7.21. The molecule has 0 fully saturated rings. The van der Waals surface area contributed by atoms with Crippen LogP contribution in [0.25, 0.3) is 0 Å². The van der Waals surface area contributed by atoms with Crippen LogP contribution in [-0.2, 0) is 16.0 Å². The molecule has 1 aromatic rings. The lowest BCUT2D eigenvalue weighted by Crippen LogP contribution is -2.26. The fourth-order valence-corrected chi connectivity index (χ4v) is 2.68. The molecule has 0 aromatic heterocycles. The first-order valence-electron chi connectivity index (χ1n) is 5.34. The van der Waals surface area contributed by atoms with Gasteiger partial charge < -0.3 is 9.47 Å². The second-order valence-corrected chi connectivity index (χ2v) is 5.25. The predicted octanol–water partition coefficient (Wildman–Crippen LogP) is 3.05. The highest BCUT2D eigenvalue weighted by Crippen LogP contribution is 2.42. The van der Waals surface area contributed by atoms with Crippen LogP contribution in [0.3, 0.4) is 0 Å². The van der Waals surface area contributed by atoms with Gasteiger partial charge >= 0.3 is 5.97 Å². The van der Waals surface area contributed by atoms with Crippen molar-refractivity contribution in [1.29, 1.82) is 0 Å². The van der Waals surface area contributed by atoms with Crippen molar-refractivity contribution in [2.24, 2.45) is 0 Å². The van der Waals surface area contributed by atoms with Gasteiger partial charge in [0.1, 0.15) is 10.8 Å². The number of hydrogen-bond acceptors (Lipinski definition) is 4. The van der Waals surface area contributed by atoms with Gasteiger partial charge in [0.15, 0.2) is 11.9 Å². The molecule has 1 aliphatic heterocycles. The van der Waals surface area contributed by atoms with Crippen LogP contribution in [0.2, 0.25) is 10.0 Å². The van der Waals surface area contributed by atoms with Crippen molar-refractivity contribution >= 4 is 50.9 Å². The number of ether oxygens (including phenoxy) is 2. The van der Waals surface area contributed by atoms with Crippen molar-refractivity contribution in [1.82, 2.24) is 0 Å². The number of benzene rings is 1. The van der Waals surface area contributed by atoms with E-state index in [0.29, 0.717) is 23.3 Å². The Bertz CT molecular complexity index is 559. The Morgan fingerprint density at radius 1 is 1.47 bits per heavy atom. The number of carbonyl (C=O) groups excluding carboxylic acids is 2. The van der Waals surface area contributed by atoms with Crippen LogP contribution in [-0.4, -0.2) is 30.3 Å². The van der Waals surface area contributed by atoms with E-state index in [1.54, 1.807) is 6.07 Å². The molecule has 1 unspecified atom stereocenters. The summed E-state index contributed by atoms with van der Waals surface area (Å²) in [6.45, 7) is 0. The minimum absolute atomic E-state index is 0.135. The van der Waals surface area contributed by atoms with E-state index in [4.69, 9.17) is 27.9 Å². The largest absolute Gasteiger partial charge is 0.476 e. The highest BCUT2D eigenvalue weighted by Gasteiger charge is 2.33. The van der Waals surface area contributed by atoms with Gasteiger partial charge in [-0.3, -0.25) is 4.79 Å². The molecule has 102 valence electrons. The zero-order valence-electron chi connectivity index (χ0n) is 9.84. The summed E-state index contributed by atoms with van der Waals surface area (Å²) >= 11 is 15.2. The van der Waals surface area contributed by atoms with Gasteiger partial charge in [0.05, 0.1) is 17.5 Å². The van der Waals surface area contributed by atoms with Crippen LogP contribution >= 0.6 is 39.1 Å². The smallest absolute Gasteiger partial charge is 0.347 e. The van der Waals surface area contributed by atoms with Gasteiger partial charge in [-0.2, -0.15) is 0 Å². The SMILES string of the molecule is COC(=O)C1Cc2cc(C(=O)CBr)c(Cl)c(Cl)c2O1. The van der Waals surface area contributed by atoms with Crippen molar-refractivity contribution in [3.63, 3.8) is 0 Å². The zero-order chi connectivity index (χ0) is 14.2. The number of Topliss-reactive ketones (excluding diaryl/α,β-unsaturated/α-hetero) is 1. The van der Waals surface area contributed by atoms with Crippen LogP contribution in [0, 0.1) is 0 Å². The van der Waals surface area contributed by atoms with Crippen molar-refractivity contribution in [3.8, 4) is 5.75 Å². The Kier molecular flexibility index (Phi) is 4.38. The molecule has 2 rings (SSSR count). The third kappa shape index (κ3) is 2.59. The molecule has 1 aromatic carbocycles. The Balaban J connectivity index is 2.43. The van der Waals surface area contributed by atoms with Crippen LogP contribution in [0.4, 0.5) is 0 Å². The summed E-state index contributed by atoms with van der Waals surface area (Å²) in [6.07, 6.45) is -0.440. The Morgan fingerprint density at radius 3 is 2.74 bits per heavy atom. The van der Waals surface area contributed by atoms with Gasteiger partial charge in [0.2, 0.25) is 0 Å². The molecule has 4 nitrogen and oxygen atoms in total. The van der Waals surface area contributed by atoms with E-state index < -0.39 is 12.1 Å². The second-order valence-electron chi connectivity index (χ2n) is 3.93. The lowest BCUT2D eigenvalue weighted by Gasteiger charge is -2.10. The number of ketones is 1. The first kappa shape index (κ1) is 14.6. The van der Waals surface area contributed by atoms with E-state index in [1.165, 1.54) is 7.11 Å². The number of carbonyl (C=O) groups is 2. The molecule has 0 N–H and O–H groups in total. The number of rotatable bonds is 3. The third-order valence-corrected chi connectivity index (χ3v) is 4.15. The Labute approximate surface area is 128 Å². The highest BCUT2D eigenvalue weighted by molar-refractivity contribution is 9.09. The van der Waals surface area contributed by atoms with Crippen LogP contribution < -0.4 is 4.74 Å². The summed E-state index contributed by atoms with van der Waals surface area (Å²) in [5.41, 5.74) is 0.991. The number of methoxy groups -OCH3 is 1. The molecule has 1 atom stereocenters. The van der Waals surface area contributed by atoms with Gasteiger partial charge in [0, 0.05) is 17.5 Å². The maximum absolute atomic E-state index is 11.7. The van der Waals surface area contributed by atoms with Crippen molar-refractivity contribution in [2.45, 2.75) is 12.5 Å². The summed E-state index contributed by atoms with van der Waals surface area (Å²) in [7, 11) is 1.28. The Hall–Kier alpha value is -0.780. The average Bonchev–Trinajstić information content (AvgIpc) is 2.85. The van der Waals surface area contributed by atoms with Gasteiger partial charge in [-0.25, -0.2) is 4.79 Å². The number of halogens is 3. The first-order chi connectivity index (χ1) is 8.99. The molecule has 0 saturated carbocycles. The highest BCUT2D eigenvalue weighted by atomic mass is 79.9. The molecule has 0 saturated heterocycles. The monoisotopic (exact) mass is 366 g/mol. The van der Waals surface area contributed by atoms with Gasteiger partial charge in [-0.05, 0) is 6.07 Å². The second kappa shape index (κ2) is 5.69. The number of hydrogen-bond donors (Lipinski definition) is 0. The topological polar surface area (TPSA) is 52.6 Å². The minimum atomic E-state index is -0.747. The maximum Gasteiger partial charge on any atom is 0.347 e. The Morgan fingerprint density at radius 2 is 2.16 bits per heavy atom. The predicted molar refractivity (Wildman–Crippen MR) is 74.7 cm³/mol. The van der Waals surface area contributed by atoms with Crippen LogP contribution in [0.5, 0.6) is 5.75 Å². The number of esters is 1. The van der Waals surface area contributed by atoms with Gasteiger partial charge in [0.25, 0.3) is 0 Å². The molecular weight excluding hydrogens is 359 g/mol. The number of fused-ring (bicyclic) bond motifs is 1. The van der Waals surface area contributed by atoms with Crippen LogP contribution in [0.1, 0.15) is 15.9 Å². The number of alkyl halides is 1. The summed E-state index contributed by atoms with van der Waals surface area (Å²) < 4.78 is 10.0. The fraction of sp³-hybridized carbons (Fsp3) is 0.333. The third-order valence-electron chi connectivity index (χ3n) is 2.79. The van der Waals surface area contributed by atoms with E-state index in [9.17, 15) is 9.59 Å². The van der Waals surface area contributed by atoms with Gasteiger partial charge in [-0.15, -0.1) is 0 Å². The van der Waals surface area contributed by atoms with E-state index in [1.807, 2.05) is 0 Å². The molecule has 7 heteroatoms. The molecule has 0 aliphatic carbocycles. The molecule has 0 radical (unpaired) electrons.